The Hall–Kier alpha value is -4.84. The summed E-state index contributed by atoms with van der Waals surface area (Å²) in [4.78, 5) is 25.1. The molecule has 12 nitrogen and oxygen atoms in total. The number of rotatable bonds is 6. The molecule has 5 aromatic rings. The van der Waals surface area contributed by atoms with Crippen LogP contribution in [0, 0.1) is 0 Å². The van der Waals surface area contributed by atoms with Gasteiger partial charge in [-0.05, 0) is 50.8 Å². The van der Waals surface area contributed by atoms with Crippen LogP contribution in [-0.2, 0) is 6.54 Å². The first kappa shape index (κ1) is 24.5. The van der Waals surface area contributed by atoms with E-state index in [1.807, 2.05) is 45.3 Å². The van der Waals surface area contributed by atoms with E-state index in [-0.39, 0.29) is 23.5 Å². The molecule has 0 spiro atoms. The van der Waals surface area contributed by atoms with Gasteiger partial charge in [-0.15, -0.1) is 0 Å². The molecule has 0 saturated carbocycles. The van der Waals surface area contributed by atoms with E-state index >= 15 is 0 Å². The highest BCUT2D eigenvalue weighted by Gasteiger charge is 2.27. The van der Waals surface area contributed by atoms with Gasteiger partial charge in [0.15, 0.2) is 29.1 Å². The van der Waals surface area contributed by atoms with Crippen molar-refractivity contribution in [2.24, 2.45) is 0 Å². The van der Waals surface area contributed by atoms with Gasteiger partial charge in [-0.25, -0.2) is 4.98 Å². The van der Waals surface area contributed by atoms with Crippen LogP contribution in [0.2, 0.25) is 0 Å². The standard InChI is InChI=1S/C27H29N9O3/c1-14(21-13-38-20-10-16(28)6-9-19(20)39-21)31-27-30-11-18-23-22(24(29)34-33-23)26(37)36(25(18)32-27)17-7-4-15(5-8-17)12-35(2)3/h4-11,14,21H,12-13,28H2,1-3H3,(H3,29,33,34)(H,30,31,32)/t14?,21-/m1/s1. The maximum atomic E-state index is 13.7. The minimum Gasteiger partial charge on any atom is -0.486 e. The number of hydrogen-bond acceptors (Lipinski definition) is 10. The summed E-state index contributed by atoms with van der Waals surface area (Å²) in [6, 6.07) is 12.9. The molecule has 1 aliphatic rings. The third-order valence-electron chi connectivity index (χ3n) is 6.72. The summed E-state index contributed by atoms with van der Waals surface area (Å²) < 4.78 is 13.5. The second kappa shape index (κ2) is 9.48. The Morgan fingerprint density at radius 2 is 1.97 bits per heavy atom. The van der Waals surface area contributed by atoms with E-state index in [2.05, 4.69) is 25.4 Å². The van der Waals surface area contributed by atoms with Crippen LogP contribution >= 0.6 is 0 Å². The minimum atomic E-state index is -0.318. The topological polar surface area (TPSA) is 162 Å². The van der Waals surface area contributed by atoms with Gasteiger partial charge >= 0.3 is 0 Å². The number of anilines is 3. The predicted octanol–water partition coefficient (Wildman–Crippen LogP) is 2.52. The van der Waals surface area contributed by atoms with Gasteiger partial charge < -0.3 is 31.2 Å². The summed E-state index contributed by atoms with van der Waals surface area (Å²) in [6.45, 7) is 3.07. The van der Waals surface area contributed by atoms with Crippen molar-refractivity contribution in [3.63, 3.8) is 0 Å². The van der Waals surface area contributed by atoms with Crippen LogP contribution in [0.1, 0.15) is 12.5 Å². The van der Waals surface area contributed by atoms with Crippen LogP contribution in [-0.4, -0.2) is 62.5 Å². The number of nitrogens with one attached hydrogen (secondary N) is 2. The van der Waals surface area contributed by atoms with Gasteiger partial charge in [0.25, 0.3) is 5.56 Å². The molecule has 1 unspecified atom stereocenters. The van der Waals surface area contributed by atoms with E-state index in [0.29, 0.717) is 57.4 Å². The number of H-pyrrole nitrogens is 1. The normalized spacial score (nSPS) is 15.6. The van der Waals surface area contributed by atoms with Crippen LogP contribution in [0.3, 0.4) is 0 Å². The lowest BCUT2D eigenvalue weighted by Gasteiger charge is -2.31. The lowest BCUT2D eigenvalue weighted by molar-refractivity contribution is 0.0808. The van der Waals surface area contributed by atoms with Gasteiger partial charge in [0, 0.05) is 24.5 Å². The van der Waals surface area contributed by atoms with Gasteiger partial charge in [-0.1, -0.05) is 12.1 Å². The summed E-state index contributed by atoms with van der Waals surface area (Å²) >= 11 is 0. The smallest absolute Gasteiger partial charge is 0.270 e. The number of benzene rings is 2. The third-order valence-corrected chi connectivity index (χ3v) is 6.72. The number of pyridine rings is 1. The molecule has 0 fully saturated rings. The van der Waals surface area contributed by atoms with E-state index in [9.17, 15) is 4.79 Å². The molecule has 6 N–H and O–H groups in total. The number of aromatic amines is 1. The first-order valence-electron chi connectivity index (χ1n) is 12.5. The lowest BCUT2D eigenvalue weighted by atomic mass is 10.1. The molecule has 0 amide bonds. The fourth-order valence-electron chi connectivity index (χ4n) is 4.77. The molecule has 0 aliphatic carbocycles. The second-order valence-corrected chi connectivity index (χ2v) is 9.94. The van der Waals surface area contributed by atoms with E-state index in [0.717, 1.165) is 12.1 Å². The van der Waals surface area contributed by atoms with Crippen LogP contribution in [0.4, 0.5) is 17.5 Å². The van der Waals surface area contributed by atoms with Crippen LogP contribution in [0.15, 0.2) is 53.5 Å². The number of fused-ring (bicyclic) bond motifs is 4. The molecule has 12 heteroatoms. The molecule has 200 valence electrons. The van der Waals surface area contributed by atoms with Crippen molar-refractivity contribution in [2.75, 3.05) is 37.5 Å². The van der Waals surface area contributed by atoms with Crippen LogP contribution < -0.4 is 31.8 Å². The molecule has 0 saturated heterocycles. The summed E-state index contributed by atoms with van der Waals surface area (Å²) in [5, 5.41) is 11.2. The fraction of sp³-hybridized carbons (Fsp3) is 0.259. The Balaban J connectivity index is 1.38. The average Bonchev–Trinajstić information content (AvgIpc) is 3.31. The molecule has 0 bridgehead atoms. The zero-order chi connectivity index (χ0) is 27.3. The number of nitrogens with zero attached hydrogens (tertiary/aromatic N) is 5. The van der Waals surface area contributed by atoms with Crippen molar-refractivity contribution in [3.05, 3.63) is 64.6 Å². The van der Waals surface area contributed by atoms with Gasteiger partial charge in [-0.2, -0.15) is 10.1 Å². The molecule has 39 heavy (non-hydrogen) atoms. The molecular weight excluding hydrogens is 498 g/mol. The highest BCUT2D eigenvalue weighted by atomic mass is 16.6. The summed E-state index contributed by atoms with van der Waals surface area (Å²) in [5.41, 5.74) is 14.9. The molecule has 0 radical (unpaired) electrons. The highest BCUT2D eigenvalue weighted by molar-refractivity contribution is 6.05. The van der Waals surface area contributed by atoms with Crippen molar-refractivity contribution in [3.8, 4) is 17.2 Å². The van der Waals surface area contributed by atoms with Crippen molar-refractivity contribution in [1.82, 2.24) is 29.6 Å². The summed E-state index contributed by atoms with van der Waals surface area (Å²) in [5.74, 6) is 1.70. The van der Waals surface area contributed by atoms with Gasteiger partial charge in [0.05, 0.1) is 22.6 Å². The zero-order valence-electron chi connectivity index (χ0n) is 21.8. The zero-order valence-corrected chi connectivity index (χ0v) is 21.8. The van der Waals surface area contributed by atoms with E-state index in [4.69, 9.17) is 25.9 Å². The largest absolute Gasteiger partial charge is 0.486 e. The Morgan fingerprint density at radius 1 is 1.18 bits per heavy atom. The number of ether oxygens (including phenoxy) is 2. The molecule has 1 aliphatic heterocycles. The van der Waals surface area contributed by atoms with Gasteiger partial charge in [0.1, 0.15) is 12.0 Å². The Labute approximate surface area is 223 Å². The first-order valence-corrected chi connectivity index (χ1v) is 12.5. The SMILES string of the molecule is CC(Nc1ncc2c3[nH]nc(N)c3c(=O)n(-c3ccc(CN(C)C)cc3)c2n1)[C@H]1COc2cc(N)ccc2O1. The van der Waals surface area contributed by atoms with Crippen LogP contribution in [0.25, 0.3) is 27.6 Å². The second-order valence-electron chi connectivity index (χ2n) is 9.94. The monoisotopic (exact) mass is 527 g/mol. The predicted molar refractivity (Wildman–Crippen MR) is 150 cm³/mol. The van der Waals surface area contributed by atoms with Crippen molar-refractivity contribution in [2.45, 2.75) is 25.6 Å². The van der Waals surface area contributed by atoms with E-state index in [1.165, 1.54) is 0 Å². The molecule has 3 aromatic heterocycles. The number of hydrogen-bond donors (Lipinski definition) is 4. The minimum absolute atomic E-state index is 0.127. The first-order chi connectivity index (χ1) is 18.8. The molecular formula is C27H29N9O3. The van der Waals surface area contributed by atoms with Crippen molar-refractivity contribution >= 4 is 39.4 Å². The maximum absolute atomic E-state index is 13.7. The summed E-state index contributed by atoms with van der Waals surface area (Å²) in [7, 11) is 4.01. The number of nitrogens with two attached hydrogens (primary N) is 2. The van der Waals surface area contributed by atoms with Gasteiger partial charge in [0.2, 0.25) is 5.95 Å². The van der Waals surface area contributed by atoms with Crippen LogP contribution in [0.5, 0.6) is 11.5 Å². The Kier molecular flexibility index (Phi) is 5.95. The van der Waals surface area contributed by atoms with E-state index in [1.54, 1.807) is 29.0 Å². The van der Waals surface area contributed by atoms with E-state index < -0.39 is 0 Å². The lowest BCUT2D eigenvalue weighted by Crippen LogP contribution is -2.42. The number of aromatic nitrogens is 5. The molecule has 4 heterocycles. The van der Waals surface area contributed by atoms with Crippen molar-refractivity contribution in [1.29, 1.82) is 0 Å². The quantitative estimate of drug-likeness (QED) is 0.241. The Bertz CT molecular complexity index is 1740. The maximum Gasteiger partial charge on any atom is 0.270 e. The molecule has 2 atom stereocenters. The van der Waals surface area contributed by atoms with Crippen molar-refractivity contribution < 1.29 is 9.47 Å². The van der Waals surface area contributed by atoms with Gasteiger partial charge in [-0.3, -0.25) is 14.5 Å². The number of nitrogen functional groups attached to an aromatic ring is 2. The summed E-state index contributed by atoms with van der Waals surface area (Å²) in [6.07, 6.45) is 1.35. The highest BCUT2D eigenvalue weighted by Crippen LogP contribution is 2.34. The molecule has 6 rings (SSSR count). The molecule has 2 aromatic carbocycles. The Morgan fingerprint density at radius 3 is 2.74 bits per heavy atom. The fourth-order valence-corrected chi connectivity index (χ4v) is 4.77. The third kappa shape index (κ3) is 4.44. The average molecular weight is 528 g/mol.